The molecule has 6 nitrogen and oxygen atoms in total. The van der Waals surface area contributed by atoms with E-state index in [-0.39, 0.29) is 11.3 Å². The Balaban J connectivity index is 2.20. The second-order valence-electron chi connectivity index (χ2n) is 5.38. The van der Waals surface area contributed by atoms with Gasteiger partial charge in [-0.3, -0.25) is 14.3 Å². The van der Waals surface area contributed by atoms with Gasteiger partial charge in [0, 0.05) is 0 Å². The first kappa shape index (κ1) is 15.5. The van der Waals surface area contributed by atoms with Crippen molar-refractivity contribution in [1.29, 1.82) is 0 Å². The fourth-order valence-corrected chi connectivity index (χ4v) is 4.86. The number of amides is 1. The third kappa shape index (κ3) is 2.47. The smallest absolute Gasteiger partial charge is 0.265 e. The van der Waals surface area contributed by atoms with Gasteiger partial charge in [-0.1, -0.05) is 36.4 Å². The molecule has 1 aliphatic rings. The molecular formula is C16H16N2O4S. The van der Waals surface area contributed by atoms with Gasteiger partial charge < -0.3 is 0 Å². The van der Waals surface area contributed by atoms with Crippen LogP contribution in [0, 0.1) is 6.92 Å². The van der Waals surface area contributed by atoms with Crippen LogP contribution < -0.4 is 9.79 Å². The van der Waals surface area contributed by atoms with Crippen molar-refractivity contribution < 1.29 is 18.4 Å². The molecule has 2 aromatic rings. The minimum Gasteiger partial charge on any atom is -0.289 e. The lowest BCUT2D eigenvalue weighted by atomic mass is 10.0. The van der Waals surface area contributed by atoms with Crippen molar-refractivity contribution in [3.05, 3.63) is 59.7 Å². The summed E-state index contributed by atoms with van der Waals surface area (Å²) in [4.78, 5) is 11.9. The molecule has 0 aromatic heterocycles. The minimum atomic E-state index is -3.75. The second-order valence-corrected chi connectivity index (χ2v) is 7.16. The predicted molar refractivity (Wildman–Crippen MR) is 84.6 cm³/mol. The van der Waals surface area contributed by atoms with Crippen molar-refractivity contribution in [2.45, 2.75) is 24.3 Å². The van der Waals surface area contributed by atoms with E-state index in [2.05, 4.69) is 0 Å². The first-order valence-electron chi connectivity index (χ1n) is 7.08. The summed E-state index contributed by atoms with van der Waals surface area (Å²) in [6.07, 6.45) is -0.166. The van der Waals surface area contributed by atoms with Gasteiger partial charge in [-0.2, -0.15) is 0 Å². The highest BCUT2D eigenvalue weighted by Crippen LogP contribution is 2.45. The fourth-order valence-electron chi connectivity index (χ4n) is 2.91. The molecule has 1 aliphatic heterocycles. The zero-order chi connectivity index (χ0) is 16.6. The van der Waals surface area contributed by atoms with Gasteiger partial charge in [0.15, 0.2) is 0 Å². The monoisotopic (exact) mass is 332 g/mol. The van der Waals surface area contributed by atoms with Crippen LogP contribution in [0.15, 0.2) is 53.4 Å². The number of hydrogen-bond donors (Lipinski definition) is 2. The summed E-state index contributed by atoms with van der Waals surface area (Å²) >= 11 is 0. The topological polar surface area (TPSA) is 86.7 Å². The van der Waals surface area contributed by atoms with E-state index in [0.717, 1.165) is 5.56 Å². The Morgan fingerprint density at radius 3 is 2.52 bits per heavy atom. The lowest BCUT2D eigenvalue weighted by molar-refractivity contribution is -0.129. The maximum absolute atomic E-state index is 12.9. The average Bonchev–Trinajstić information content (AvgIpc) is 2.76. The van der Waals surface area contributed by atoms with E-state index < -0.39 is 22.0 Å². The molecule has 0 saturated heterocycles. The number of sulfonamides is 1. The van der Waals surface area contributed by atoms with E-state index in [0.29, 0.717) is 11.3 Å². The maximum Gasteiger partial charge on any atom is 0.265 e. The van der Waals surface area contributed by atoms with Crippen LogP contribution in [-0.4, -0.2) is 19.5 Å². The van der Waals surface area contributed by atoms with Gasteiger partial charge in [-0.15, -0.1) is 0 Å². The van der Waals surface area contributed by atoms with Crippen LogP contribution in [0.5, 0.6) is 0 Å². The summed E-state index contributed by atoms with van der Waals surface area (Å²) < 4.78 is 27.2. The lowest BCUT2D eigenvalue weighted by Gasteiger charge is -2.26. The zero-order valence-electron chi connectivity index (χ0n) is 12.4. The Morgan fingerprint density at radius 1 is 1.17 bits per heavy atom. The number of hydroxylamine groups is 1. The van der Waals surface area contributed by atoms with Crippen molar-refractivity contribution in [1.82, 2.24) is 5.48 Å². The number of anilines is 1. The molecule has 0 aliphatic carbocycles. The molecule has 120 valence electrons. The molecule has 3 rings (SSSR count). The number of benzene rings is 2. The molecule has 1 unspecified atom stereocenters. The normalized spacial score (nSPS) is 18.5. The molecule has 0 spiro atoms. The Morgan fingerprint density at radius 2 is 1.83 bits per heavy atom. The number of nitrogens with one attached hydrogen (secondary N) is 1. The van der Waals surface area contributed by atoms with E-state index in [1.165, 1.54) is 10.4 Å². The molecule has 23 heavy (non-hydrogen) atoms. The zero-order valence-corrected chi connectivity index (χ0v) is 13.2. The summed E-state index contributed by atoms with van der Waals surface area (Å²) in [6, 6.07) is 13.0. The summed E-state index contributed by atoms with van der Waals surface area (Å²) in [5.74, 6) is -0.638. The van der Waals surface area contributed by atoms with Crippen LogP contribution >= 0.6 is 0 Å². The minimum absolute atomic E-state index is 0.166. The van der Waals surface area contributed by atoms with Gasteiger partial charge in [0.1, 0.15) is 0 Å². The van der Waals surface area contributed by atoms with Gasteiger partial charge in [0.05, 0.1) is 23.0 Å². The summed E-state index contributed by atoms with van der Waals surface area (Å²) in [5, 5.41) is 8.82. The van der Waals surface area contributed by atoms with E-state index in [4.69, 9.17) is 5.21 Å². The number of aryl methyl sites for hydroxylation is 1. The van der Waals surface area contributed by atoms with Gasteiger partial charge in [-0.25, -0.2) is 13.9 Å². The maximum atomic E-state index is 12.9. The van der Waals surface area contributed by atoms with Crippen LogP contribution in [0.4, 0.5) is 5.69 Å². The van der Waals surface area contributed by atoms with E-state index >= 15 is 0 Å². The van der Waals surface area contributed by atoms with E-state index in [9.17, 15) is 13.2 Å². The van der Waals surface area contributed by atoms with Crippen LogP contribution in [0.3, 0.4) is 0 Å². The second kappa shape index (κ2) is 5.68. The van der Waals surface area contributed by atoms with Crippen molar-refractivity contribution in [3.8, 4) is 0 Å². The first-order chi connectivity index (χ1) is 11.0. The quantitative estimate of drug-likeness (QED) is 0.666. The number of hydrogen-bond acceptors (Lipinski definition) is 4. The standard InChI is InChI=1S/C16H16N2O4S/c1-11-6-2-4-8-13(11)18-14(10-16(19)17-20)12-7-3-5-9-15(12)23(18,21)22/h2-9,14,20H,10H2,1H3,(H,17,19). The van der Waals surface area contributed by atoms with Crippen LogP contribution in [0.25, 0.3) is 0 Å². The third-order valence-corrected chi connectivity index (χ3v) is 5.85. The van der Waals surface area contributed by atoms with Crippen molar-refractivity contribution >= 4 is 21.6 Å². The summed E-state index contributed by atoms with van der Waals surface area (Å²) in [6.45, 7) is 1.82. The Bertz CT molecular complexity index is 864. The number of rotatable bonds is 3. The largest absolute Gasteiger partial charge is 0.289 e. The highest BCUT2D eigenvalue weighted by molar-refractivity contribution is 7.93. The number of carbonyl (C=O) groups is 1. The van der Waals surface area contributed by atoms with E-state index in [1.54, 1.807) is 35.8 Å². The summed E-state index contributed by atoms with van der Waals surface area (Å²) in [7, 11) is -3.75. The molecule has 1 heterocycles. The molecule has 0 radical (unpaired) electrons. The highest BCUT2D eigenvalue weighted by atomic mass is 32.2. The Labute approximate surface area is 134 Å². The molecule has 1 atom stereocenters. The Kier molecular flexibility index (Phi) is 3.83. The number of fused-ring (bicyclic) bond motifs is 1. The molecule has 1 amide bonds. The highest BCUT2D eigenvalue weighted by Gasteiger charge is 2.43. The fraction of sp³-hybridized carbons (Fsp3) is 0.188. The number of nitrogens with zero attached hydrogens (tertiary/aromatic N) is 1. The average molecular weight is 332 g/mol. The predicted octanol–water partition coefficient (Wildman–Crippen LogP) is 2.14. The van der Waals surface area contributed by atoms with Gasteiger partial charge in [-0.05, 0) is 30.2 Å². The molecule has 0 saturated carbocycles. The molecule has 0 fully saturated rings. The van der Waals surface area contributed by atoms with Crippen molar-refractivity contribution in [2.75, 3.05) is 4.31 Å². The lowest BCUT2D eigenvalue weighted by Crippen LogP contribution is -2.32. The molecule has 0 bridgehead atoms. The molecule has 2 aromatic carbocycles. The Hall–Kier alpha value is -2.38. The SMILES string of the molecule is Cc1ccccc1N1C(CC(=O)NO)c2ccccc2S1(=O)=O. The van der Waals surface area contributed by atoms with E-state index in [1.807, 2.05) is 19.1 Å². The van der Waals surface area contributed by atoms with Crippen LogP contribution in [0.2, 0.25) is 0 Å². The van der Waals surface area contributed by atoms with Crippen molar-refractivity contribution in [3.63, 3.8) is 0 Å². The van der Waals surface area contributed by atoms with Gasteiger partial charge >= 0.3 is 0 Å². The van der Waals surface area contributed by atoms with Crippen LogP contribution in [0.1, 0.15) is 23.6 Å². The molecule has 7 heteroatoms. The third-order valence-electron chi connectivity index (χ3n) is 3.95. The number of carbonyl (C=O) groups excluding carboxylic acids is 1. The first-order valence-corrected chi connectivity index (χ1v) is 8.52. The molecular weight excluding hydrogens is 316 g/mol. The number of para-hydroxylation sites is 1. The van der Waals surface area contributed by atoms with Crippen molar-refractivity contribution in [2.24, 2.45) is 0 Å². The van der Waals surface area contributed by atoms with Crippen LogP contribution in [-0.2, 0) is 14.8 Å². The summed E-state index contributed by atoms with van der Waals surface area (Å²) in [5.41, 5.74) is 3.45. The van der Waals surface area contributed by atoms with Gasteiger partial charge in [0.2, 0.25) is 5.91 Å². The van der Waals surface area contributed by atoms with Gasteiger partial charge in [0.25, 0.3) is 10.0 Å². The molecule has 2 N–H and O–H groups in total.